The SMILES string of the molecule is Cc1cc(-c2noc(CCC(=O)N[C@H](CC(C)C)C(=O)O)n2)ccc1F. The van der Waals surface area contributed by atoms with Crippen LogP contribution < -0.4 is 5.32 Å². The fraction of sp³-hybridized carbons (Fsp3) is 0.444. The molecule has 0 unspecified atom stereocenters. The number of aromatic nitrogens is 2. The number of rotatable bonds is 8. The number of halogens is 1. The maximum absolute atomic E-state index is 13.3. The second kappa shape index (κ2) is 8.55. The summed E-state index contributed by atoms with van der Waals surface area (Å²) in [4.78, 5) is 27.3. The molecule has 0 saturated heterocycles. The summed E-state index contributed by atoms with van der Waals surface area (Å²) < 4.78 is 18.4. The number of carboxylic acids is 1. The number of nitrogens with one attached hydrogen (secondary N) is 1. The molecule has 1 amide bonds. The van der Waals surface area contributed by atoms with Gasteiger partial charge in [-0.1, -0.05) is 19.0 Å². The fourth-order valence-electron chi connectivity index (χ4n) is 2.44. The van der Waals surface area contributed by atoms with Gasteiger partial charge in [-0.2, -0.15) is 4.98 Å². The van der Waals surface area contributed by atoms with Crippen molar-refractivity contribution in [2.45, 2.75) is 46.1 Å². The van der Waals surface area contributed by atoms with Crippen molar-refractivity contribution in [3.05, 3.63) is 35.5 Å². The maximum Gasteiger partial charge on any atom is 0.326 e. The summed E-state index contributed by atoms with van der Waals surface area (Å²) in [6.07, 6.45) is 0.578. The Bertz CT molecular complexity index is 788. The van der Waals surface area contributed by atoms with Crippen molar-refractivity contribution >= 4 is 11.9 Å². The maximum atomic E-state index is 13.3. The zero-order valence-corrected chi connectivity index (χ0v) is 15.0. The third kappa shape index (κ3) is 5.37. The summed E-state index contributed by atoms with van der Waals surface area (Å²) >= 11 is 0. The molecule has 140 valence electrons. The van der Waals surface area contributed by atoms with Crippen molar-refractivity contribution in [1.29, 1.82) is 0 Å². The molecule has 1 aromatic carbocycles. The third-order valence-corrected chi connectivity index (χ3v) is 3.79. The van der Waals surface area contributed by atoms with E-state index < -0.39 is 17.9 Å². The third-order valence-electron chi connectivity index (χ3n) is 3.79. The zero-order valence-electron chi connectivity index (χ0n) is 15.0. The average Bonchev–Trinajstić information content (AvgIpc) is 3.03. The highest BCUT2D eigenvalue weighted by atomic mass is 19.1. The summed E-state index contributed by atoms with van der Waals surface area (Å²) in [7, 11) is 0. The lowest BCUT2D eigenvalue weighted by atomic mass is 10.0. The molecule has 7 nitrogen and oxygen atoms in total. The largest absolute Gasteiger partial charge is 0.480 e. The van der Waals surface area contributed by atoms with Gasteiger partial charge in [0.25, 0.3) is 0 Å². The van der Waals surface area contributed by atoms with Crippen LogP contribution in [0.1, 0.15) is 38.1 Å². The van der Waals surface area contributed by atoms with Crippen LogP contribution in [0.2, 0.25) is 0 Å². The van der Waals surface area contributed by atoms with Crippen LogP contribution in [-0.2, 0) is 16.0 Å². The van der Waals surface area contributed by atoms with E-state index in [0.717, 1.165) is 0 Å². The first-order valence-corrected chi connectivity index (χ1v) is 8.37. The van der Waals surface area contributed by atoms with Gasteiger partial charge in [0.2, 0.25) is 17.6 Å². The highest BCUT2D eigenvalue weighted by Crippen LogP contribution is 2.19. The van der Waals surface area contributed by atoms with E-state index in [2.05, 4.69) is 15.5 Å². The number of aliphatic carboxylic acids is 1. The minimum absolute atomic E-state index is 0.0337. The molecule has 2 aromatic rings. The number of nitrogens with zero attached hydrogens (tertiary/aromatic N) is 2. The molecule has 0 saturated carbocycles. The predicted molar refractivity (Wildman–Crippen MR) is 91.8 cm³/mol. The van der Waals surface area contributed by atoms with Crippen molar-refractivity contribution in [3.8, 4) is 11.4 Å². The quantitative estimate of drug-likeness (QED) is 0.747. The Morgan fingerprint density at radius 1 is 1.35 bits per heavy atom. The topological polar surface area (TPSA) is 105 Å². The minimum Gasteiger partial charge on any atom is -0.480 e. The van der Waals surface area contributed by atoms with E-state index in [9.17, 15) is 14.0 Å². The van der Waals surface area contributed by atoms with Crippen molar-refractivity contribution < 1.29 is 23.6 Å². The number of hydrogen-bond donors (Lipinski definition) is 2. The number of carbonyl (C=O) groups is 2. The van der Waals surface area contributed by atoms with E-state index in [4.69, 9.17) is 9.63 Å². The highest BCUT2D eigenvalue weighted by molar-refractivity contribution is 5.83. The standard InChI is InChI=1S/C18H22FN3O4/c1-10(2)8-14(18(24)25)20-15(23)6-7-16-21-17(22-26-16)12-4-5-13(19)11(3)9-12/h4-5,9-10,14H,6-8H2,1-3H3,(H,20,23)(H,24,25)/t14-/m1/s1. The molecular formula is C18H22FN3O4. The Balaban J connectivity index is 1.93. The van der Waals surface area contributed by atoms with Gasteiger partial charge < -0.3 is 14.9 Å². The zero-order chi connectivity index (χ0) is 19.3. The number of benzene rings is 1. The van der Waals surface area contributed by atoms with E-state index in [1.165, 1.54) is 6.07 Å². The van der Waals surface area contributed by atoms with Gasteiger partial charge in [0, 0.05) is 18.4 Å². The Morgan fingerprint density at radius 3 is 2.69 bits per heavy atom. The molecule has 2 rings (SSSR count). The lowest BCUT2D eigenvalue weighted by Gasteiger charge is -2.16. The van der Waals surface area contributed by atoms with E-state index in [0.29, 0.717) is 23.4 Å². The molecule has 8 heteroatoms. The van der Waals surface area contributed by atoms with E-state index in [-0.39, 0.29) is 30.5 Å². The van der Waals surface area contributed by atoms with Gasteiger partial charge in [-0.05, 0) is 43.0 Å². The summed E-state index contributed by atoms with van der Waals surface area (Å²) in [6.45, 7) is 5.42. The molecule has 1 atom stereocenters. The summed E-state index contributed by atoms with van der Waals surface area (Å²) in [5.41, 5.74) is 1.09. The van der Waals surface area contributed by atoms with Crippen molar-refractivity contribution in [2.24, 2.45) is 5.92 Å². The lowest BCUT2D eigenvalue weighted by molar-refractivity contribution is -0.142. The van der Waals surface area contributed by atoms with Crippen LogP contribution in [-0.4, -0.2) is 33.2 Å². The molecule has 0 spiro atoms. The molecule has 1 aromatic heterocycles. The number of carboxylic acid groups (broad SMARTS) is 1. The van der Waals surface area contributed by atoms with Crippen LogP contribution in [0.25, 0.3) is 11.4 Å². The van der Waals surface area contributed by atoms with Crippen LogP contribution in [0.3, 0.4) is 0 Å². The number of carbonyl (C=O) groups excluding carboxylic acids is 1. The van der Waals surface area contributed by atoms with Crippen LogP contribution in [0.5, 0.6) is 0 Å². The average molecular weight is 363 g/mol. The predicted octanol–water partition coefficient (Wildman–Crippen LogP) is 2.73. The lowest BCUT2D eigenvalue weighted by Crippen LogP contribution is -2.41. The van der Waals surface area contributed by atoms with Gasteiger partial charge in [-0.25, -0.2) is 9.18 Å². The van der Waals surface area contributed by atoms with Gasteiger partial charge in [-0.15, -0.1) is 0 Å². The number of hydrogen-bond acceptors (Lipinski definition) is 5. The molecule has 0 aliphatic rings. The summed E-state index contributed by atoms with van der Waals surface area (Å²) in [5.74, 6) is -1.05. The molecule has 1 heterocycles. The van der Waals surface area contributed by atoms with E-state index in [1.54, 1.807) is 19.1 Å². The highest BCUT2D eigenvalue weighted by Gasteiger charge is 2.21. The monoisotopic (exact) mass is 363 g/mol. The molecule has 0 fully saturated rings. The van der Waals surface area contributed by atoms with Crippen LogP contribution >= 0.6 is 0 Å². The normalized spacial score (nSPS) is 12.2. The summed E-state index contributed by atoms with van der Waals surface area (Å²) in [5, 5.41) is 15.5. The Labute approximate surface area is 150 Å². The minimum atomic E-state index is -1.06. The van der Waals surface area contributed by atoms with Crippen LogP contribution in [0.4, 0.5) is 4.39 Å². The van der Waals surface area contributed by atoms with Crippen molar-refractivity contribution in [2.75, 3.05) is 0 Å². The Hall–Kier alpha value is -2.77. The summed E-state index contributed by atoms with van der Waals surface area (Å²) in [6, 6.07) is 3.57. The van der Waals surface area contributed by atoms with E-state index >= 15 is 0 Å². The van der Waals surface area contributed by atoms with Crippen LogP contribution in [0, 0.1) is 18.7 Å². The van der Waals surface area contributed by atoms with Gasteiger partial charge in [0.15, 0.2) is 0 Å². The van der Waals surface area contributed by atoms with E-state index in [1.807, 2.05) is 13.8 Å². The first-order valence-electron chi connectivity index (χ1n) is 8.37. The van der Waals surface area contributed by atoms with Gasteiger partial charge in [0.1, 0.15) is 11.9 Å². The second-order valence-corrected chi connectivity index (χ2v) is 6.56. The molecular weight excluding hydrogens is 341 g/mol. The number of aryl methyl sites for hydroxylation is 2. The second-order valence-electron chi connectivity index (χ2n) is 6.56. The first-order chi connectivity index (χ1) is 12.3. The van der Waals surface area contributed by atoms with Gasteiger partial charge >= 0.3 is 5.97 Å². The molecule has 0 radical (unpaired) electrons. The fourth-order valence-corrected chi connectivity index (χ4v) is 2.44. The smallest absolute Gasteiger partial charge is 0.326 e. The van der Waals surface area contributed by atoms with Crippen molar-refractivity contribution in [1.82, 2.24) is 15.5 Å². The molecule has 0 aliphatic carbocycles. The van der Waals surface area contributed by atoms with Gasteiger partial charge in [0.05, 0.1) is 0 Å². The molecule has 0 aliphatic heterocycles. The Morgan fingerprint density at radius 2 is 2.08 bits per heavy atom. The Kier molecular flexibility index (Phi) is 6.43. The van der Waals surface area contributed by atoms with Gasteiger partial charge in [-0.3, -0.25) is 4.79 Å². The molecule has 0 bridgehead atoms. The van der Waals surface area contributed by atoms with Crippen LogP contribution in [0.15, 0.2) is 22.7 Å². The molecule has 2 N–H and O–H groups in total. The number of amides is 1. The molecule has 26 heavy (non-hydrogen) atoms. The first kappa shape index (κ1) is 19.6. The van der Waals surface area contributed by atoms with Crippen molar-refractivity contribution in [3.63, 3.8) is 0 Å².